The number of ketones is 1. The number of benzene rings is 1. The second-order valence-electron chi connectivity index (χ2n) is 2.94. The Hall–Kier alpha value is -1.39. The molecule has 0 fully saturated rings. The van der Waals surface area contributed by atoms with Gasteiger partial charge in [-0.25, -0.2) is 0 Å². The van der Waals surface area contributed by atoms with Gasteiger partial charge in [0.2, 0.25) is 0 Å². The molecule has 0 aromatic heterocycles. The number of rotatable bonds is 4. The minimum absolute atomic E-state index is 0. The van der Waals surface area contributed by atoms with Crippen LogP contribution in [0.2, 0.25) is 0 Å². The second kappa shape index (κ2) is 6.16. The fourth-order valence-electron chi connectivity index (χ4n) is 1.04. The largest absolute Gasteiger partial charge is 0.480 e. The van der Waals surface area contributed by atoms with E-state index in [1.807, 2.05) is 6.07 Å². The smallest absolute Gasteiger partial charge is 0.328 e. The average Bonchev–Trinajstić information content (AvgIpc) is 2.18. The molecule has 0 radical (unpaired) electrons. The number of carbonyl (C=O) groups excluding carboxylic acids is 1. The highest BCUT2D eigenvalue weighted by atomic mass is 35.5. The van der Waals surface area contributed by atoms with Gasteiger partial charge in [0.05, 0.1) is 0 Å². The zero-order valence-corrected chi connectivity index (χ0v) is 8.74. The van der Waals surface area contributed by atoms with Crippen LogP contribution in [0.4, 0.5) is 0 Å². The molecule has 3 N–H and O–H groups in total. The first kappa shape index (κ1) is 13.6. The highest BCUT2D eigenvalue weighted by Crippen LogP contribution is 2.01. The van der Waals surface area contributed by atoms with Crippen molar-refractivity contribution in [2.75, 3.05) is 0 Å². The van der Waals surface area contributed by atoms with E-state index < -0.39 is 17.8 Å². The van der Waals surface area contributed by atoms with Crippen molar-refractivity contribution >= 4 is 24.2 Å². The fourth-order valence-corrected chi connectivity index (χ4v) is 1.04. The SMILES string of the molecule is Cl.NC(C(=O)O)C(=O)Cc1ccccc1. The molecule has 0 aliphatic heterocycles. The number of nitrogens with two attached hydrogens (primary N) is 1. The van der Waals surface area contributed by atoms with E-state index in [1.54, 1.807) is 24.3 Å². The molecule has 0 saturated carbocycles. The van der Waals surface area contributed by atoms with Crippen molar-refractivity contribution in [2.24, 2.45) is 5.73 Å². The molecule has 0 aliphatic carbocycles. The topological polar surface area (TPSA) is 80.4 Å². The van der Waals surface area contributed by atoms with Crippen LogP contribution in [0.1, 0.15) is 5.56 Å². The number of carboxylic acid groups (broad SMARTS) is 1. The number of aliphatic carboxylic acids is 1. The Kier molecular flexibility index (Phi) is 5.59. The number of Topliss-reactive ketones (excluding diaryl/α,β-unsaturated/α-hetero) is 1. The molecular weight excluding hydrogens is 218 g/mol. The molecule has 0 saturated heterocycles. The van der Waals surface area contributed by atoms with Crippen LogP contribution in [0.3, 0.4) is 0 Å². The zero-order valence-electron chi connectivity index (χ0n) is 7.92. The van der Waals surface area contributed by atoms with Crippen LogP contribution >= 0.6 is 12.4 Å². The molecule has 5 heteroatoms. The molecule has 1 unspecified atom stereocenters. The van der Waals surface area contributed by atoms with E-state index >= 15 is 0 Å². The van der Waals surface area contributed by atoms with E-state index in [9.17, 15) is 9.59 Å². The maximum Gasteiger partial charge on any atom is 0.328 e. The summed E-state index contributed by atoms with van der Waals surface area (Å²) < 4.78 is 0. The van der Waals surface area contributed by atoms with Crippen molar-refractivity contribution in [3.8, 4) is 0 Å². The molecule has 0 spiro atoms. The van der Waals surface area contributed by atoms with E-state index in [2.05, 4.69) is 0 Å². The quantitative estimate of drug-likeness (QED) is 0.743. The van der Waals surface area contributed by atoms with Gasteiger partial charge < -0.3 is 10.8 Å². The van der Waals surface area contributed by atoms with Crippen molar-refractivity contribution in [1.82, 2.24) is 0 Å². The van der Waals surface area contributed by atoms with Crippen molar-refractivity contribution in [3.63, 3.8) is 0 Å². The monoisotopic (exact) mass is 229 g/mol. The van der Waals surface area contributed by atoms with Crippen molar-refractivity contribution in [1.29, 1.82) is 0 Å². The Bertz CT molecular complexity index is 340. The van der Waals surface area contributed by atoms with Crippen molar-refractivity contribution < 1.29 is 14.7 Å². The van der Waals surface area contributed by atoms with Gasteiger partial charge in [0.25, 0.3) is 0 Å². The average molecular weight is 230 g/mol. The Morgan fingerprint density at radius 3 is 2.27 bits per heavy atom. The van der Waals surface area contributed by atoms with Crippen LogP contribution in [0.15, 0.2) is 30.3 Å². The van der Waals surface area contributed by atoms with Crippen LogP contribution in [0.5, 0.6) is 0 Å². The van der Waals surface area contributed by atoms with Gasteiger partial charge in [-0.05, 0) is 5.56 Å². The summed E-state index contributed by atoms with van der Waals surface area (Å²) in [5.41, 5.74) is 5.93. The van der Waals surface area contributed by atoms with Gasteiger partial charge in [-0.15, -0.1) is 12.4 Å². The van der Waals surface area contributed by atoms with Gasteiger partial charge in [-0.2, -0.15) is 0 Å². The lowest BCUT2D eigenvalue weighted by Crippen LogP contribution is -2.39. The van der Waals surface area contributed by atoms with Crippen molar-refractivity contribution in [2.45, 2.75) is 12.5 Å². The fraction of sp³-hybridized carbons (Fsp3) is 0.200. The molecule has 82 valence electrons. The Morgan fingerprint density at radius 2 is 1.80 bits per heavy atom. The molecule has 0 aliphatic rings. The van der Waals surface area contributed by atoms with E-state index in [-0.39, 0.29) is 18.8 Å². The highest BCUT2D eigenvalue weighted by Gasteiger charge is 2.20. The zero-order chi connectivity index (χ0) is 10.6. The molecule has 4 nitrogen and oxygen atoms in total. The standard InChI is InChI=1S/C10H11NO3.ClH/c11-9(10(13)14)8(12)6-7-4-2-1-3-5-7;/h1-5,9H,6,11H2,(H,13,14);1H. The van der Waals surface area contributed by atoms with Gasteiger partial charge in [0.1, 0.15) is 0 Å². The Labute approximate surface area is 93.5 Å². The third-order valence-electron chi connectivity index (χ3n) is 1.83. The first-order chi connectivity index (χ1) is 6.61. The molecule has 1 rings (SSSR count). The summed E-state index contributed by atoms with van der Waals surface area (Å²) in [7, 11) is 0. The predicted molar refractivity (Wildman–Crippen MR) is 58.0 cm³/mol. The molecule has 0 heterocycles. The lowest BCUT2D eigenvalue weighted by molar-refractivity contribution is -0.142. The van der Waals surface area contributed by atoms with Gasteiger partial charge in [-0.1, -0.05) is 30.3 Å². The number of carboxylic acids is 1. The van der Waals surface area contributed by atoms with E-state index in [0.29, 0.717) is 0 Å². The third-order valence-corrected chi connectivity index (χ3v) is 1.83. The Morgan fingerprint density at radius 1 is 1.27 bits per heavy atom. The maximum absolute atomic E-state index is 11.2. The first-order valence-corrected chi connectivity index (χ1v) is 4.16. The third kappa shape index (κ3) is 4.10. The number of hydrogen-bond acceptors (Lipinski definition) is 3. The summed E-state index contributed by atoms with van der Waals surface area (Å²) in [6, 6.07) is 7.49. The molecule has 15 heavy (non-hydrogen) atoms. The number of hydrogen-bond donors (Lipinski definition) is 2. The van der Waals surface area contributed by atoms with E-state index in [4.69, 9.17) is 10.8 Å². The lowest BCUT2D eigenvalue weighted by Gasteiger charge is -2.04. The number of carbonyl (C=O) groups is 2. The minimum atomic E-state index is -1.42. The van der Waals surface area contributed by atoms with Crippen LogP contribution in [-0.2, 0) is 16.0 Å². The van der Waals surface area contributed by atoms with Gasteiger partial charge in [-0.3, -0.25) is 9.59 Å². The minimum Gasteiger partial charge on any atom is -0.480 e. The second-order valence-corrected chi connectivity index (χ2v) is 2.94. The summed E-state index contributed by atoms with van der Waals surface area (Å²) >= 11 is 0. The van der Waals surface area contributed by atoms with Crippen LogP contribution in [0.25, 0.3) is 0 Å². The van der Waals surface area contributed by atoms with E-state index in [1.165, 1.54) is 0 Å². The van der Waals surface area contributed by atoms with Crippen molar-refractivity contribution in [3.05, 3.63) is 35.9 Å². The summed E-state index contributed by atoms with van der Waals surface area (Å²) in [6.45, 7) is 0. The van der Waals surface area contributed by atoms with Crippen LogP contribution in [0, 0.1) is 0 Å². The molecule has 0 amide bonds. The van der Waals surface area contributed by atoms with Gasteiger partial charge in [0.15, 0.2) is 11.8 Å². The van der Waals surface area contributed by atoms with E-state index in [0.717, 1.165) is 5.56 Å². The van der Waals surface area contributed by atoms with Gasteiger partial charge in [0, 0.05) is 6.42 Å². The Balaban J connectivity index is 0.00000196. The summed E-state index contributed by atoms with van der Waals surface area (Å²) in [5, 5.41) is 8.48. The summed E-state index contributed by atoms with van der Waals surface area (Å²) in [4.78, 5) is 21.6. The number of halogens is 1. The summed E-state index contributed by atoms with van der Waals surface area (Å²) in [6.07, 6.45) is 0.0638. The molecule has 1 aromatic rings. The normalized spacial score (nSPS) is 11.3. The first-order valence-electron chi connectivity index (χ1n) is 4.16. The predicted octanol–water partition coefficient (Wildman–Crippen LogP) is 0.632. The highest BCUT2D eigenvalue weighted by molar-refractivity contribution is 6.02. The lowest BCUT2D eigenvalue weighted by atomic mass is 10.0. The molecular formula is C10H12ClNO3. The van der Waals surface area contributed by atoms with Gasteiger partial charge >= 0.3 is 5.97 Å². The van der Waals surface area contributed by atoms with Crippen LogP contribution in [-0.4, -0.2) is 22.9 Å². The maximum atomic E-state index is 11.2. The summed E-state index contributed by atoms with van der Waals surface area (Å²) in [5.74, 6) is -1.77. The molecule has 0 bridgehead atoms. The molecule has 1 atom stereocenters. The molecule has 1 aromatic carbocycles. The van der Waals surface area contributed by atoms with Crippen LogP contribution < -0.4 is 5.73 Å².